The molecule has 0 saturated heterocycles. The summed E-state index contributed by atoms with van der Waals surface area (Å²) >= 11 is 0. The lowest BCUT2D eigenvalue weighted by Crippen LogP contribution is -2.06. The Hall–Kier alpha value is -6.07. The molecule has 0 aliphatic heterocycles. The molecule has 6 aromatic carbocycles. The summed E-state index contributed by atoms with van der Waals surface area (Å²) < 4.78 is 8.50. The zero-order valence-corrected chi connectivity index (χ0v) is 24.5. The number of para-hydroxylation sites is 3. The summed E-state index contributed by atoms with van der Waals surface area (Å²) in [6.07, 6.45) is 0. The molecular weight excluding hydrogens is 552 g/mol. The second kappa shape index (κ2) is 10.00. The maximum Gasteiger partial charge on any atom is 0.238 e. The first-order valence-corrected chi connectivity index (χ1v) is 15.0. The van der Waals surface area contributed by atoms with Gasteiger partial charge in [0.25, 0.3) is 0 Å². The zero-order chi connectivity index (χ0) is 29.9. The van der Waals surface area contributed by atoms with Gasteiger partial charge in [-0.15, -0.1) is 0 Å². The molecule has 0 bridgehead atoms. The van der Waals surface area contributed by atoms with Gasteiger partial charge in [-0.05, 0) is 47.9 Å². The van der Waals surface area contributed by atoms with Gasteiger partial charge in [0, 0.05) is 32.7 Å². The Kier molecular flexibility index (Phi) is 5.65. The Balaban J connectivity index is 1.27. The number of nitrogens with zero attached hydrogens (tertiary/aromatic N) is 4. The number of aromatic nitrogens is 4. The third-order valence-corrected chi connectivity index (χ3v) is 8.61. The van der Waals surface area contributed by atoms with Gasteiger partial charge in [0.2, 0.25) is 5.95 Å². The number of hydrogen-bond donors (Lipinski definition) is 0. The first kappa shape index (κ1) is 25.4. The smallest absolute Gasteiger partial charge is 0.238 e. The number of rotatable bonds is 4. The highest BCUT2D eigenvalue weighted by atomic mass is 16.3. The molecule has 0 fully saturated rings. The lowest BCUT2D eigenvalue weighted by atomic mass is 10.0. The van der Waals surface area contributed by atoms with Crippen molar-refractivity contribution >= 4 is 43.7 Å². The molecule has 0 amide bonds. The second-order valence-corrected chi connectivity index (χ2v) is 11.4. The minimum atomic E-state index is 0.570. The minimum absolute atomic E-state index is 0.570. The van der Waals surface area contributed by atoms with Crippen LogP contribution in [0.5, 0.6) is 0 Å². The van der Waals surface area contributed by atoms with E-state index in [4.69, 9.17) is 19.4 Å². The molecular formula is C40H26N4O. The fourth-order valence-electron chi connectivity index (χ4n) is 6.38. The van der Waals surface area contributed by atoms with Crippen molar-refractivity contribution in [3.05, 3.63) is 145 Å². The molecule has 45 heavy (non-hydrogen) atoms. The Morgan fingerprint density at radius 3 is 1.78 bits per heavy atom. The van der Waals surface area contributed by atoms with Gasteiger partial charge in [0.1, 0.15) is 11.2 Å². The van der Waals surface area contributed by atoms with Gasteiger partial charge in [-0.25, -0.2) is 4.98 Å². The van der Waals surface area contributed by atoms with E-state index < -0.39 is 0 Å². The van der Waals surface area contributed by atoms with E-state index in [1.54, 1.807) is 0 Å². The quantitative estimate of drug-likeness (QED) is 0.208. The molecule has 0 unspecified atom stereocenters. The van der Waals surface area contributed by atoms with E-state index in [0.29, 0.717) is 17.6 Å². The fourth-order valence-corrected chi connectivity index (χ4v) is 6.38. The van der Waals surface area contributed by atoms with Gasteiger partial charge in [-0.3, -0.25) is 4.57 Å². The summed E-state index contributed by atoms with van der Waals surface area (Å²) in [5.74, 6) is 1.76. The molecule has 0 spiro atoms. The van der Waals surface area contributed by atoms with Gasteiger partial charge in [-0.2, -0.15) is 9.97 Å². The molecule has 5 heteroatoms. The third kappa shape index (κ3) is 4.13. The molecule has 212 valence electrons. The Bertz CT molecular complexity index is 2490. The van der Waals surface area contributed by atoms with E-state index in [1.807, 2.05) is 12.1 Å². The van der Waals surface area contributed by atoms with Crippen molar-refractivity contribution in [1.82, 2.24) is 19.5 Å². The molecule has 0 aliphatic carbocycles. The summed E-state index contributed by atoms with van der Waals surface area (Å²) in [4.78, 5) is 15.3. The van der Waals surface area contributed by atoms with E-state index in [1.165, 1.54) is 5.56 Å². The van der Waals surface area contributed by atoms with E-state index in [0.717, 1.165) is 66.0 Å². The van der Waals surface area contributed by atoms with Crippen LogP contribution in [-0.2, 0) is 0 Å². The summed E-state index contributed by atoms with van der Waals surface area (Å²) in [7, 11) is 0. The summed E-state index contributed by atoms with van der Waals surface area (Å²) in [5.41, 5.74) is 9.01. The van der Waals surface area contributed by atoms with Crippen molar-refractivity contribution in [3.63, 3.8) is 0 Å². The first-order chi connectivity index (χ1) is 22.2. The fraction of sp³-hybridized carbons (Fsp3) is 0.0250. The van der Waals surface area contributed by atoms with Gasteiger partial charge >= 0.3 is 0 Å². The number of furan rings is 1. The molecule has 9 aromatic rings. The van der Waals surface area contributed by atoms with Crippen LogP contribution in [-0.4, -0.2) is 19.5 Å². The van der Waals surface area contributed by atoms with E-state index >= 15 is 0 Å². The van der Waals surface area contributed by atoms with Gasteiger partial charge < -0.3 is 4.42 Å². The molecule has 3 aromatic heterocycles. The number of fused-ring (bicyclic) bond motifs is 6. The highest BCUT2D eigenvalue weighted by molar-refractivity contribution is 6.09. The summed E-state index contributed by atoms with van der Waals surface area (Å²) in [6, 6.07) is 48.1. The highest BCUT2D eigenvalue weighted by Gasteiger charge is 2.18. The topological polar surface area (TPSA) is 56.7 Å². The van der Waals surface area contributed by atoms with Crippen molar-refractivity contribution in [2.24, 2.45) is 0 Å². The molecule has 0 aliphatic rings. The zero-order valence-electron chi connectivity index (χ0n) is 24.5. The van der Waals surface area contributed by atoms with E-state index in [-0.39, 0.29) is 0 Å². The lowest BCUT2D eigenvalue weighted by Gasteiger charge is -2.11. The maximum absolute atomic E-state index is 6.36. The monoisotopic (exact) mass is 578 g/mol. The van der Waals surface area contributed by atoms with Gasteiger partial charge in [0.15, 0.2) is 11.6 Å². The summed E-state index contributed by atoms with van der Waals surface area (Å²) in [6.45, 7) is 2.07. The van der Waals surface area contributed by atoms with E-state index in [9.17, 15) is 0 Å². The van der Waals surface area contributed by atoms with Crippen LogP contribution in [0.4, 0.5) is 0 Å². The Morgan fingerprint density at radius 1 is 0.467 bits per heavy atom. The van der Waals surface area contributed by atoms with Crippen molar-refractivity contribution in [3.8, 4) is 39.9 Å². The average molecular weight is 579 g/mol. The predicted molar refractivity (Wildman–Crippen MR) is 182 cm³/mol. The van der Waals surface area contributed by atoms with Crippen LogP contribution in [0.15, 0.2) is 144 Å². The van der Waals surface area contributed by atoms with Crippen molar-refractivity contribution in [2.45, 2.75) is 6.92 Å². The maximum atomic E-state index is 6.36. The van der Waals surface area contributed by atoms with Crippen LogP contribution in [0.3, 0.4) is 0 Å². The molecule has 3 heterocycles. The Labute approximate surface area is 259 Å². The average Bonchev–Trinajstić information content (AvgIpc) is 3.65. The number of aryl methyl sites for hydroxylation is 1. The molecule has 0 radical (unpaired) electrons. The van der Waals surface area contributed by atoms with Crippen LogP contribution < -0.4 is 0 Å². The lowest BCUT2D eigenvalue weighted by molar-refractivity contribution is 0.666. The number of benzene rings is 6. The Morgan fingerprint density at radius 2 is 1.04 bits per heavy atom. The van der Waals surface area contributed by atoms with Gasteiger partial charge in [-0.1, -0.05) is 115 Å². The van der Waals surface area contributed by atoms with Crippen LogP contribution >= 0.6 is 0 Å². The van der Waals surface area contributed by atoms with Gasteiger partial charge in [0.05, 0.1) is 11.0 Å². The third-order valence-electron chi connectivity index (χ3n) is 8.61. The standard InChI is InChI=1S/C40H26N4O/c1-25-10-9-15-33-32-23-22-29(24-36(32)45-37(25)33)39-41-38(28-20-18-27(19-21-28)26-11-3-2-4-12-26)42-40(43-39)44-34-16-7-5-13-30(34)31-14-6-8-17-35(31)44/h2-24H,1H3. The highest BCUT2D eigenvalue weighted by Crippen LogP contribution is 2.35. The van der Waals surface area contributed by atoms with Crippen LogP contribution in [0.2, 0.25) is 0 Å². The SMILES string of the molecule is Cc1cccc2c1oc1cc(-c3nc(-c4ccc(-c5ccccc5)cc4)nc(-n4c5ccccc5c5ccccc54)n3)ccc12. The summed E-state index contributed by atoms with van der Waals surface area (Å²) in [5, 5.41) is 4.49. The van der Waals surface area contributed by atoms with Crippen LogP contribution in [0, 0.1) is 6.92 Å². The molecule has 0 atom stereocenters. The normalized spacial score (nSPS) is 11.7. The predicted octanol–water partition coefficient (Wildman–Crippen LogP) is 10.2. The second-order valence-electron chi connectivity index (χ2n) is 11.4. The number of hydrogen-bond acceptors (Lipinski definition) is 4. The first-order valence-electron chi connectivity index (χ1n) is 15.0. The largest absolute Gasteiger partial charge is 0.456 e. The minimum Gasteiger partial charge on any atom is -0.456 e. The molecule has 0 saturated carbocycles. The van der Waals surface area contributed by atoms with Crippen molar-refractivity contribution < 1.29 is 4.42 Å². The van der Waals surface area contributed by atoms with E-state index in [2.05, 4.69) is 139 Å². The van der Waals surface area contributed by atoms with Crippen LogP contribution in [0.1, 0.15) is 5.56 Å². The molecule has 9 rings (SSSR count). The van der Waals surface area contributed by atoms with Crippen LogP contribution in [0.25, 0.3) is 83.6 Å². The van der Waals surface area contributed by atoms with Crippen molar-refractivity contribution in [2.75, 3.05) is 0 Å². The molecule has 0 N–H and O–H groups in total. The van der Waals surface area contributed by atoms with Crippen molar-refractivity contribution in [1.29, 1.82) is 0 Å². The molecule has 5 nitrogen and oxygen atoms in total.